The molecule has 0 fully saturated rings. The number of benzene rings is 1. The second-order valence-corrected chi connectivity index (χ2v) is 5.19. The van der Waals surface area contributed by atoms with Gasteiger partial charge in [-0.05, 0) is 57.4 Å². The van der Waals surface area contributed by atoms with Crippen LogP contribution in [0.4, 0.5) is 5.88 Å². The molecule has 0 amide bonds. The molecule has 0 aliphatic carbocycles. The quantitative estimate of drug-likeness (QED) is 0.757. The van der Waals surface area contributed by atoms with Crippen LogP contribution in [-0.4, -0.2) is 32.1 Å². The van der Waals surface area contributed by atoms with Crippen LogP contribution in [0, 0.1) is 0 Å². The SMILES string of the molecule is CN(C)CCCNc1ccc(-c2ccc(Cl)cc2)o1.Cl.Cl. The lowest BCUT2D eigenvalue weighted by Gasteiger charge is -2.09. The van der Waals surface area contributed by atoms with E-state index in [1.807, 2.05) is 36.4 Å². The Morgan fingerprint density at radius 3 is 2.33 bits per heavy atom. The van der Waals surface area contributed by atoms with Gasteiger partial charge in [0.2, 0.25) is 0 Å². The molecule has 0 aliphatic heterocycles. The minimum absolute atomic E-state index is 0. The number of hydrogen-bond donors (Lipinski definition) is 1. The highest BCUT2D eigenvalue weighted by molar-refractivity contribution is 6.30. The first-order valence-corrected chi connectivity index (χ1v) is 6.77. The van der Waals surface area contributed by atoms with Crippen LogP contribution >= 0.6 is 36.4 Å². The Bertz CT molecular complexity index is 512. The van der Waals surface area contributed by atoms with Crippen LogP contribution in [0.2, 0.25) is 5.02 Å². The van der Waals surface area contributed by atoms with Gasteiger partial charge in [-0.15, -0.1) is 24.8 Å². The van der Waals surface area contributed by atoms with E-state index >= 15 is 0 Å². The molecule has 0 unspecified atom stereocenters. The fourth-order valence-corrected chi connectivity index (χ4v) is 1.94. The van der Waals surface area contributed by atoms with Gasteiger partial charge in [-0.2, -0.15) is 0 Å². The minimum atomic E-state index is 0. The number of halogens is 3. The largest absolute Gasteiger partial charge is 0.441 e. The van der Waals surface area contributed by atoms with Gasteiger partial charge in [0, 0.05) is 23.2 Å². The van der Waals surface area contributed by atoms with Gasteiger partial charge in [0.25, 0.3) is 0 Å². The predicted octanol–water partition coefficient (Wildman–Crippen LogP) is 4.81. The van der Waals surface area contributed by atoms with Crippen LogP contribution in [0.5, 0.6) is 0 Å². The van der Waals surface area contributed by atoms with Crippen molar-refractivity contribution in [2.24, 2.45) is 0 Å². The van der Waals surface area contributed by atoms with Gasteiger partial charge < -0.3 is 14.6 Å². The first-order chi connectivity index (χ1) is 9.15. The molecule has 0 spiro atoms. The molecule has 2 rings (SSSR count). The summed E-state index contributed by atoms with van der Waals surface area (Å²) in [6, 6.07) is 11.6. The van der Waals surface area contributed by atoms with Crippen LogP contribution in [0.15, 0.2) is 40.8 Å². The molecule has 0 aliphatic rings. The minimum Gasteiger partial charge on any atom is -0.441 e. The van der Waals surface area contributed by atoms with E-state index in [1.165, 1.54) is 0 Å². The predicted molar refractivity (Wildman–Crippen MR) is 95.3 cm³/mol. The van der Waals surface area contributed by atoms with Crippen molar-refractivity contribution in [3.63, 3.8) is 0 Å². The summed E-state index contributed by atoms with van der Waals surface area (Å²) in [6.07, 6.45) is 1.09. The molecule has 1 N–H and O–H groups in total. The Balaban J connectivity index is 0.00000200. The molecular formula is C15H21Cl3N2O. The van der Waals surface area contributed by atoms with Crippen LogP contribution in [-0.2, 0) is 0 Å². The highest BCUT2D eigenvalue weighted by atomic mass is 35.5. The van der Waals surface area contributed by atoms with Gasteiger partial charge >= 0.3 is 0 Å². The van der Waals surface area contributed by atoms with Crippen molar-refractivity contribution in [2.75, 3.05) is 32.5 Å². The fraction of sp³-hybridized carbons (Fsp3) is 0.333. The Hall–Kier alpha value is -0.870. The summed E-state index contributed by atoms with van der Waals surface area (Å²) in [4.78, 5) is 2.17. The van der Waals surface area contributed by atoms with Gasteiger partial charge in [0.1, 0.15) is 5.76 Å². The van der Waals surface area contributed by atoms with E-state index in [9.17, 15) is 0 Å². The summed E-state index contributed by atoms with van der Waals surface area (Å²) in [6.45, 7) is 1.98. The highest BCUT2D eigenvalue weighted by Crippen LogP contribution is 2.25. The topological polar surface area (TPSA) is 28.4 Å². The molecule has 2 aromatic rings. The lowest BCUT2D eigenvalue weighted by molar-refractivity contribution is 0.404. The molecule has 0 saturated heterocycles. The second kappa shape index (κ2) is 9.96. The molecule has 1 aromatic carbocycles. The molecule has 3 nitrogen and oxygen atoms in total. The van der Waals surface area contributed by atoms with Gasteiger partial charge in [-0.3, -0.25) is 0 Å². The molecule has 0 radical (unpaired) electrons. The first kappa shape index (κ1) is 20.1. The Labute approximate surface area is 143 Å². The van der Waals surface area contributed by atoms with Crippen molar-refractivity contribution in [3.05, 3.63) is 41.4 Å². The van der Waals surface area contributed by atoms with Crippen molar-refractivity contribution >= 4 is 42.3 Å². The van der Waals surface area contributed by atoms with Crippen molar-refractivity contribution in [1.82, 2.24) is 4.90 Å². The van der Waals surface area contributed by atoms with Crippen LogP contribution < -0.4 is 5.32 Å². The zero-order chi connectivity index (χ0) is 13.7. The number of furan rings is 1. The number of nitrogens with zero attached hydrogens (tertiary/aromatic N) is 1. The summed E-state index contributed by atoms with van der Waals surface area (Å²) in [7, 11) is 4.15. The molecule has 1 aromatic heterocycles. The average Bonchev–Trinajstić information content (AvgIpc) is 2.84. The highest BCUT2D eigenvalue weighted by Gasteiger charge is 2.04. The number of nitrogens with one attached hydrogen (secondary N) is 1. The zero-order valence-electron chi connectivity index (χ0n) is 12.1. The van der Waals surface area contributed by atoms with Crippen molar-refractivity contribution in [3.8, 4) is 11.3 Å². The Morgan fingerprint density at radius 1 is 1.05 bits per heavy atom. The van der Waals surface area contributed by atoms with Crippen LogP contribution in [0.1, 0.15) is 6.42 Å². The van der Waals surface area contributed by atoms with E-state index in [4.69, 9.17) is 16.0 Å². The van der Waals surface area contributed by atoms with Gasteiger partial charge in [0.05, 0.1) is 0 Å². The Morgan fingerprint density at radius 2 is 1.71 bits per heavy atom. The molecule has 6 heteroatoms. The lowest BCUT2D eigenvalue weighted by Crippen LogP contribution is -2.16. The molecule has 118 valence electrons. The first-order valence-electron chi connectivity index (χ1n) is 6.39. The zero-order valence-corrected chi connectivity index (χ0v) is 14.5. The average molecular weight is 352 g/mol. The number of anilines is 1. The van der Waals surface area contributed by atoms with E-state index in [0.29, 0.717) is 0 Å². The maximum Gasteiger partial charge on any atom is 0.193 e. The van der Waals surface area contributed by atoms with Crippen LogP contribution in [0.3, 0.4) is 0 Å². The maximum absolute atomic E-state index is 5.87. The van der Waals surface area contributed by atoms with Crippen molar-refractivity contribution < 1.29 is 4.42 Å². The summed E-state index contributed by atoms with van der Waals surface area (Å²) in [5, 5.41) is 4.02. The monoisotopic (exact) mass is 350 g/mol. The lowest BCUT2D eigenvalue weighted by atomic mass is 10.2. The van der Waals surface area contributed by atoms with E-state index in [-0.39, 0.29) is 24.8 Å². The van der Waals surface area contributed by atoms with Gasteiger partial charge in [0.15, 0.2) is 5.88 Å². The Kier molecular flexibility index (Phi) is 9.54. The third-order valence-electron chi connectivity index (χ3n) is 2.82. The van der Waals surface area contributed by atoms with E-state index in [1.54, 1.807) is 0 Å². The van der Waals surface area contributed by atoms with E-state index in [0.717, 1.165) is 41.7 Å². The molecule has 0 atom stereocenters. The molecule has 1 heterocycles. The van der Waals surface area contributed by atoms with Gasteiger partial charge in [-0.25, -0.2) is 0 Å². The van der Waals surface area contributed by atoms with Crippen molar-refractivity contribution in [1.29, 1.82) is 0 Å². The summed E-state index contributed by atoms with van der Waals surface area (Å²) < 4.78 is 5.75. The molecular weight excluding hydrogens is 331 g/mol. The molecule has 21 heavy (non-hydrogen) atoms. The van der Waals surface area contributed by atoms with E-state index in [2.05, 4.69) is 24.3 Å². The summed E-state index contributed by atoms with van der Waals surface area (Å²) >= 11 is 5.87. The van der Waals surface area contributed by atoms with Crippen molar-refractivity contribution in [2.45, 2.75) is 6.42 Å². The number of rotatable bonds is 6. The summed E-state index contributed by atoms with van der Waals surface area (Å²) in [5.41, 5.74) is 1.03. The van der Waals surface area contributed by atoms with E-state index < -0.39 is 0 Å². The smallest absolute Gasteiger partial charge is 0.193 e. The standard InChI is InChI=1S/C15H19ClN2O.2ClH/c1-18(2)11-3-10-17-15-9-8-14(19-15)12-4-6-13(16)7-5-12;;/h4-9,17H,3,10-11H2,1-2H3;2*1H. The van der Waals surface area contributed by atoms with Gasteiger partial charge in [-0.1, -0.05) is 11.6 Å². The third kappa shape index (κ3) is 6.62. The third-order valence-corrected chi connectivity index (χ3v) is 3.07. The summed E-state index contributed by atoms with van der Waals surface area (Å²) in [5.74, 6) is 1.66. The van der Waals surface area contributed by atoms with Crippen LogP contribution in [0.25, 0.3) is 11.3 Å². The maximum atomic E-state index is 5.87. The fourth-order valence-electron chi connectivity index (χ4n) is 1.81. The molecule has 0 saturated carbocycles. The second-order valence-electron chi connectivity index (χ2n) is 4.75. The molecule has 0 bridgehead atoms. The normalized spacial score (nSPS) is 9.90. The number of hydrogen-bond acceptors (Lipinski definition) is 3.